The molecular formula is C26H32O13. The van der Waals surface area contributed by atoms with Gasteiger partial charge in [-0.15, -0.1) is 0 Å². The normalized spacial score (nSPS) is 22.8. The van der Waals surface area contributed by atoms with Crippen molar-refractivity contribution in [2.24, 2.45) is 0 Å². The first-order valence-corrected chi connectivity index (χ1v) is 12.0. The number of aromatic hydroxyl groups is 1. The van der Waals surface area contributed by atoms with Crippen LogP contribution in [0.3, 0.4) is 0 Å². The summed E-state index contributed by atoms with van der Waals surface area (Å²) in [4.78, 5) is 22.4. The molecule has 0 aliphatic carbocycles. The molecule has 3 rings (SSSR count). The third-order valence-electron chi connectivity index (χ3n) is 6.32. The Morgan fingerprint density at radius 2 is 1.36 bits per heavy atom. The number of ether oxygens (including phenoxy) is 4. The van der Waals surface area contributed by atoms with Gasteiger partial charge in [-0.25, -0.2) is 0 Å². The minimum atomic E-state index is -1.75. The largest absolute Gasteiger partial charge is 0.504 e. The first-order chi connectivity index (χ1) is 18.5. The van der Waals surface area contributed by atoms with Gasteiger partial charge in [0.25, 0.3) is 0 Å². The number of phenols is 1. The van der Waals surface area contributed by atoms with E-state index in [0.29, 0.717) is 11.1 Å². The lowest BCUT2D eigenvalue weighted by atomic mass is 9.95. The summed E-state index contributed by atoms with van der Waals surface area (Å²) in [7, 11) is 2.62. The van der Waals surface area contributed by atoms with E-state index in [9.17, 15) is 35.1 Å². The Balaban J connectivity index is 2.19. The molecule has 2 aromatic carbocycles. The number of carboxylic acids is 2. The van der Waals surface area contributed by atoms with E-state index in [-0.39, 0.29) is 59.8 Å². The number of aliphatic hydroxyl groups excluding tert-OH is 4. The number of hydrogen-bond donors (Lipinski definition) is 7. The highest BCUT2D eigenvalue weighted by Crippen LogP contribution is 2.47. The number of carbonyl (C=O) groups is 2. The Bertz CT molecular complexity index is 1180. The van der Waals surface area contributed by atoms with Crippen LogP contribution >= 0.6 is 0 Å². The summed E-state index contributed by atoms with van der Waals surface area (Å²) in [6, 6.07) is 6.01. The van der Waals surface area contributed by atoms with Gasteiger partial charge in [0.1, 0.15) is 24.4 Å². The molecule has 0 aromatic heterocycles. The van der Waals surface area contributed by atoms with Crippen LogP contribution < -0.4 is 14.2 Å². The van der Waals surface area contributed by atoms with Gasteiger partial charge in [0.2, 0.25) is 6.29 Å². The van der Waals surface area contributed by atoms with Crippen LogP contribution in [0, 0.1) is 0 Å². The first kappa shape index (κ1) is 29.9. The summed E-state index contributed by atoms with van der Waals surface area (Å²) in [5, 5.41) is 69.7. The molecule has 0 unspecified atom stereocenters. The van der Waals surface area contributed by atoms with Crippen molar-refractivity contribution in [2.75, 3.05) is 20.8 Å². The molecule has 7 N–H and O–H groups in total. The standard InChI is InChI=1S/C26H32O13/c1-36-16-9-12(3-5-19(28)29)7-14(21(16)32)15-8-13(4-6-20(30)31)10-17(37-2)25(15)39-26-24(35)23(34)22(33)18(11-27)38-26/h7-10,18,22-24,26-27,32-35H,3-6,11H2,1-2H3,(H,28,29)(H,30,31)/t18-,22-,23+,24-,26+/m1/s1. The van der Waals surface area contributed by atoms with Gasteiger partial charge in [0, 0.05) is 24.0 Å². The SMILES string of the molecule is COc1cc(CCC(=O)O)cc(-c2cc(CCC(=O)O)cc(OC)c2O[C@@H]2O[C@H](CO)[C@@H](O)[C@H](O)[C@H]2O)c1O. The van der Waals surface area contributed by atoms with E-state index in [4.69, 9.17) is 29.2 Å². The summed E-state index contributed by atoms with van der Waals surface area (Å²) in [6.07, 6.45) is -8.21. The van der Waals surface area contributed by atoms with E-state index in [2.05, 4.69) is 0 Å². The van der Waals surface area contributed by atoms with Gasteiger partial charge in [-0.3, -0.25) is 9.59 Å². The summed E-state index contributed by atoms with van der Waals surface area (Å²) in [5.41, 5.74) is 1.25. The number of rotatable bonds is 12. The van der Waals surface area contributed by atoms with Crippen molar-refractivity contribution in [3.8, 4) is 34.1 Å². The fourth-order valence-electron chi connectivity index (χ4n) is 4.23. The minimum Gasteiger partial charge on any atom is -0.504 e. The molecule has 2 aromatic rings. The van der Waals surface area contributed by atoms with Crippen LogP contribution in [0.4, 0.5) is 0 Å². The zero-order valence-electron chi connectivity index (χ0n) is 21.3. The van der Waals surface area contributed by atoms with Gasteiger partial charge in [0.15, 0.2) is 23.0 Å². The maximum absolute atomic E-state index is 11.2. The number of phenolic OH excluding ortho intramolecular Hbond substituents is 1. The maximum Gasteiger partial charge on any atom is 0.303 e. The second-order valence-electron chi connectivity index (χ2n) is 8.97. The molecule has 0 amide bonds. The summed E-state index contributed by atoms with van der Waals surface area (Å²) < 4.78 is 22.2. The van der Waals surface area contributed by atoms with Gasteiger partial charge in [-0.1, -0.05) is 0 Å². The zero-order valence-corrected chi connectivity index (χ0v) is 21.3. The van der Waals surface area contributed by atoms with Gasteiger partial charge < -0.3 is 54.7 Å². The van der Waals surface area contributed by atoms with Crippen molar-refractivity contribution in [1.29, 1.82) is 0 Å². The van der Waals surface area contributed by atoms with Crippen molar-refractivity contribution in [2.45, 2.75) is 56.4 Å². The van der Waals surface area contributed by atoms with Gasteiger partial charge in [-0.05, 0) is 48.2 Å². The fourth-order valence-corrected chi connectivity index (χ4v) is 4.23. The third kappa shape index (κ3) is 6.88. The second-order valence-corrected chi connectivity index (χ2v) is 8.97. The molecule has 0 bridgehead atoms. The minimum absolute atomic E-state index is 0.0292. The Kier molecular flexibility index (Phi) is 9.94. The molecule has 0 saturated carbocycles. The third-order valence-corrected chi connectivity index (χ3v) is 6.32. The van der Waals surface area contributed by atoms with Gasteiger partial charge >= 0.3 is 11.9 Å². The molecule has 5 atom stereocenters. The summed E-state index contributed by atoms with van der Waals surface area (Å²) in [5.74, 6) is -2.42. The highest BCUT2D eigenvalue weighted by molar-refractivity contribution is 5.82. The number of aliphatic hydroxyl groups is 4. The number of aliphatic carboxylic acids is 2. The quantitative estimate of drug-likeness (QED) is 0.189. The van der Waals surface area contributed by atoms with Crippen LogP contribution in [-0.4, -0.2) is 99.2 Å². The molecule has 39 heavy (non-hydrogen) atoms. The number of methoxy groups -OCH3 is 2. The van der Waals surface area contributed by atoms with E-state index >= 15 is 0 Å². The molecule has 1 heterocycles. The maximum atomic E-state index is 11.2. The number of carboxylic acid groups (broad SMARTS) is 2. The van der Waals surface area contributed by atoms with Crippen LogP contribution in [0.5, 0.6) is 23.0 Å². The number of hydrogen-bond acceptors (Lipinski definition) is 11. The Morgan fingerprint density at radius 1 is 0.821 bits per heavy atom. The van der Waals surface area contributed by atoms with Crippen LogP contribution in [0.2, 0.25) is 0 Å². The molecule has 0 spiro atoms. The average Bonchev–Trinajstić information content (AvgIpc) is 2.91. The van der Waals surface area contributed by atoms with E-state index < -0.39 is 49.3 Å². The molecule has 1 saturated heterocycles. The lowest BCUT2D eigenvalue weighted by Crippen LogP contribution is -2.60. The average molecular weight is 553 g/mol. The van der Waals surface area contributed by atoms with Crippen LogP contribution in [-0.2, 0) is 27.2 Å². The summed E-state index contributed by atoms with van der Waals surface area (Å²) >= 11 is 0. The zero-order chi connectivity index (χ0) is 28.9. The lowest BCUT2D eigenvalue weighted by Gasteiger charge is -2.40. The van der Waals surface area contributed by atoms with Crippen molar-refractivity contribution in [3.63, 3.8) is 0 Å². The smallest absolute Gasteiger partial charge is 0.303 e. The molecule has 13 heteroatoms. The van der Waals surface area contributed by atoms with Gasteiger partial charge in [0.05, 0.1) is 20.8 Å². The highest BCUT2D eigenvalue weighted by Gasteiger charge is 2.45. The molecule has 214 valence electrons. The predicted octanol–water partition coefficient (Wildman–Crippen LogP) is 0.289. The Hall–Kier alpha value is -3.62. The number of aryl methyl sites for hydroxylation is 2. The molecule has 1 aliphatic heterocycles. The van der Waals surface area contributed by atoms with E-state index in [1.807, 2.05) is 0 Å². The molecular weight excluding hydrogens is 520 g/mol. The van der Waals surface area contributed by atoms with Crippen LogP contribution in [0.25, 0.3) is 11.1 Å². The molecule has 0 radical (unpaired) electrons. The van der Waals surface area contributed by atoms with Crippen molar-refractivity contribution >= 4 is 11.9 Å². The van der Waals surface area contributed by atoms with Crippen LogP contribution in [0.15, 0.2) is 24.3 Å². The highest BCUT2D eigenvalue weighted by atomic mass is 16.7. The van der Waals surface area contributed by atoms with E-state index in [1.54, 1.807) is 0 Å². The fraction of sp³-hybridized carbons (Fsp3) is 0.462. The molecule has 13 nitrogen and oxygen atoms in total. The summed E-state index contributed by atoms with van der Waals surface area (Å²) in [6.45, 7) is -0.688. The van der Waals surface area contributed by atoms with E-state index in [1.165, 1.54) is 38.5 Å². The Morgan fingerprint density at radius 3 is 1.87 bits per heavy atom. The van der Waals surface area contributed by atoms with Crippen molar-refractivity contribution < 1.29 is 64.3 Å². The van der Waals surface area contributed by atoms with Crippen molar-refractivity contribution in [1.82, 2.24) is 0 Å². The van der Waals surface area contributed by atoms with Crippen molar-refractivity contribution in [3.05, 3.63) is 35.4 Å². The predicted molar refractivity (Wildman–Crippen MR) is 133 cm³/mol. The number of benzene rings is 2. The monoisotopic (exact) mass is 552 g/mol. The second kappa shape index (κ2) is 13.0. The Labute approximate surface area is 223 Å². The lowest BCUT2D eigenvalue weighted by molar-refractivity contribution is -0.277. The van der Waals surface area contributed by atoms with Crippen LogP contribution in [0.1, 0.15) is 24.0 Å². The molecule has 1 fully saturated rings. The topological polar surface area (TPSA) is 213 Å². The van der Waals surface area contributed by atoms with Gasteiger partial charge in [-0.2, -0.15) is 0 Å². The molecule has 1 aliphatic rings. The van der Waals surface area contributed by atoms with E-state index in [0.717, 1.165) is 0 Å². The first-order valence-electron chi connectivity index (χ1n) is 12.0.